The van der Waals surface area contributed by atoms with Gasteiger partial charge in [-0.1, -0.05) is 12.1 Å². The molecule has 0 spiro atoms. The Kier molecular flexibility index (Phi) is 8.96. The molecule has 0 saturated carbocycles. The lowest BCUT2D eigenvalue weighted by atomic mass is 9.92. The maximum Gasteiger partial charge on any atom is 0.227 e. The van der Waals surface area contributed by atoms with Gasteiger partial charge in [0.2, 0.25) is 5.91 Å². The molecule has 1 amide bonds. The van der Waals surface area contributed by atoms with Gasteiger partial charge in [0.1, 0.15) is 0 Å². The molecule has 0 saturated heterocycles. The molecule has 0 fully saturated rings. The standard InChI is InChI=1S/C20H35N5O/c1-7-22-18(26)20(4,5)15-24-19(21-6)23-12-13-25(8-2)17-11-9-10-16(3)14-17/h9-11,14H,7-8,12-13,15H2,1-6H3,(H,22,26)(H2,21,23,24). The average Bonchev–Trinajstić information content (AvgIpc) is 2.61. The van der Waals surface area contributed by atoms with Crippen LogP contribution in [0.4, 0.5) is 5.69 Å². The number of aryl methyl sites for hydroxylation is 1. The Bertz CT molecular complexity index is 598. The zero-order valence-corrected chi connectivity index (χ0v) is 17.1. The van der Waals surface area contributed by atoms with Crippen molar-refractivity contribution in [2.45, 2.75) is 34.6 Å². The van der Waals surface area contributed by atoms with Gasteiger partial charge in [-0.3, -0.25) is 9.79 Å². The van der Waals surface area contributed by atoms with Crippen molar-refractivity contribution >= 4 is 17.6 Å². The van der Waals surface area contributed by atoms with Crippen molar-refractivity contribution in [3.05, 3.63) is 29.8 Å². The van der Waals surface area contributed by atoms with Crippen molar-refractivity contribution in [1.29, 1.82) is 0 Å². The van der Waals surface area contributed by atoms with E-state index in [4.69, 9.17) is 0 Å². The first-order valence-electron chi connectivity index (χ1n) is 9.38. The van der Waals surface area contributed by atoms with Gasteiger partial charge < -0.3 is 20.9 Å². The Morgan fingerprint density at radius 2 is 1.92 bits per heavy atom. The number of carbonyl (C=O) groups is 1. The number of benzene rings is 1. The molecule has 0 aliphatic rings. The Hall–Kier alpha value is -2.24. The maximum atomic E-state index is 12.1. The quantitative estimate of drug-likeness (QED) is 0.466. The SMILES string of the molecule is CCNC(=O)C(C)(C)CNC(=NC)NCCN(CC)c1cccc(C)c1. The number of amides is 1. The van der Waals surface area contributed by atoms with Crippen LogP contribution in [0.1, 0.15) is 33.3 Å². The second-order valence-electron chi connectivity index (χ2n) is 7.01. The summed E-state index contributed by atoms with van der Waals surface area (Å²) in [5.74, 6) is 0.752. The monoisotopic (exact) mass is 361 g/mol. The van der Waals surface area contributed by atoms with E-state index >= 15 is 0 Å². The summed E-state index contributed by atoms with van der Waals surface area (Å²) in [6.45, 7) is 13.8. The minimum Gasteiger partial charge on any atom is -0.370 e. The van der Waals surface area contributed by atoms with E-state index in [0.29, 0.717) is 19.0 Å². The summed E-state index contributed by atoms with van der Waals surface area (Å²) in [5, 5.41) is 9.45. The van der Waals surface area contributed by atoms with Crippen molar-refractivity contribution in [2.75, 3.05) is 44.7 Å². The van der Waals surface area contributed by atoms with Crippen molar-refractivity contribution in [1.82, 2.24) is 16.0 Å². The molecule has 0 radical (unpaired) electrons. The van der Waals surface area contributed by atoms with E-state index < -0.39 is 5.41 Å². The second-order valence-corrected chi connectivity index (χ2v) is 7.01. The van der Waals surface area contributed by atoms with Crippen molar-refractivity contribution in [3.63, 3.8) is 0 Å². The number of nitrogens with zero attached hydrogens (tertiary/aromatic N) is 2. The van der Waals surface area contributed by atoms with Crippen LogP contribution in [-0.2, 0) is 4.79 Å². The molecule has 6 nitrogen and oxygen atoms in total. The average molecular weight is 362 g/mol. The number of nitrogens with one attached hydrogen (secondary N) is 3. The van der Waals surface area contributed by atoms with Crippen LogP contribution in [0.15, 0.2) is 29.3 Å². The summed E-state index contributed by atoms with van der Waals surface area (Å²) in [6.07, 6.45) is 0. The Morgan fingerprint density at radius 1 is 1.19 bits per heavy atom. The van der Waals surface area contributed by atoms with Gasteiger partial charge >= 0.3 is 0 Å². The molecule has 1 rings (SSSR count). The Labute approximate surface area is 158 Å². The fourth-order valence-corrected chi connectivity index (χ4v) is 2.61. The van der Waals surface area contributed by atoms with Gasteiger partial charge in [0.25, 0.3) is 0 Å². The predicted molar refractivity (Wildman–Crippen MR) is 111 cm³/mol. The number of hydrogen-bond acceptors (Lipinski definition) is 3. The fraction of sp³-hybridized carbons (Fsp3) is 0.600. The molecule has 1 aromatic carbocycles. The van der Waals surface area contributed by atoms with E-state index in [1.165, 1.54) is 11.3 Å². The molecule has 6 heteroatoms. The number of guanidine groups is 1. The Balaban J connectivity index is 2.50. The van der Waals surface area contributed by atoms with Gasteiger partial charge in [-0.05, 0) is 52.3 Å². The van der Waals surface area contributed by atoms with E-state index in [2.05, 4.69) is 64.0 Å². The van der Waals surface area contributed by atoms with E-state index in [0.717, 1.165) is 19.6 Å². The lowest BCUT2D eigenvalue weighted by Crippen LogP contribution is -2.48. The minimum absolute atomic E-state index is 0.0413. The highest BCUT2D eigenvalue weighted by Crippen LogP contribution is 2.15. The van der Waals surface area contributed by atoms with E-state index in [1.54, 1.807) is 7.05 Å². The molecule has 0 aromatic heterocycles. The van der Waals surface area contributed by atoms with Crippen LogP contribution in [0.5, 0.6) is 0 Å². The summed E-state index contributed by atoms with van der Waals surface area (Å²) in [5.41, 5.74) is 2.00. The van der Waals surface area contributed by atoms with Gasteiger partial charge in [0.05, 0.1) is 5.41 Å². The van der Waals surface area contributed by atoms with Gasteiger partial charge in [0, 0.05) is 45.5 Å². The largest absolute Gasteiger partial charge is 0.370 e. The third kappa shape index (κ3) is 6.94. The number of rotatable bonds is 9. The normalized spacial score (nSPS) is 11.8. The van der Waals surface area contributed by atoms with Gasteiger partial charge in [-0.25, -0.2) is 0 Å². The predicted octanol–water partition coefficient (Wildman–Crippen LogP) is 2.15. The molecule has 0 bridgehead atoms. The van der Waals surface area contributed by atoms with Gasteiger partial charge in [-0.2, -0.15) is 0 Å². The maximum absolute atomic E-state index is 12.1. The number of anilines is 1. The topological polar surface area (TPSA) is 68.8 Å². The first-order valence-corrected chi connectivity index (χ1v) is 9.38. The lowest BCUT2D eigenvalue weighted by Gasteiger charge is -2.26. The lowest BCUT2D eigenvalue weighted by molar-refractivity contribution is -0.128. The van der Waals surface area contributed by atoms with Crippen LogP contribution < -0.4 is 20.9 Å². The molecule has 146 valence electrons. The molecule has 0 aliphatic heterocycles. The van der Waals surface area contributed by atoms with Crippen LogP contribution in [-0.4, -0.2) is 51.6 Å². The number of carbonyl (C=O) groups excluding carboxylic acids is 1. The molecule has 0 atom stereocenters. The highest BCUT2D eigenvalue weighted by Gasteiger charge is 2.27. The van der Waals surface area contributed by atoms with Gasteiger partial charge in [0.15, 0.2) is 5.96 Å². The van der Waals surface area contributed by atoms with Crippen molar-refractivity contribution in [3.8, 4) is 0 Å². The van der Waals surface area contributed by atoms with Crippen LogP contribution in [0, 0.1) is 12.3 Å². The second kappa shape index (κ2) is 10.7. The smallest absolute Gasteiger partial charge is 0.227 e. The third-order valence-electron chi connectivity index (χ3n) is 4.30. The van der Waals surface area contributed by atoms with Crippen molar-refractivity contribution < 1.29 is 4.79 Å². The number of likely N-dealkylation sites (N-methyl/N-ethyl adjacent to an activating group) is 1. The van der Waals surface area contributed by atoms with Crippen molar-refractivity contribution in [2.24, 2.45) is 10.4 Å². The first-order chi connectivity index (χ1) is 12.3. The minimum atomic E-state index is -0.495. The molecular formula is C20H35N5O. The van der Waals surface area contributed by atoms with Crippen LogP contribution in [0.25, 0.3) is 0 Å². The third-order valence-corrected chi connectivity index (χ3v) is 4.30. The van der Waals surface area contributed by atoms with Crippen LogP contribution in [0.3, 0.4) is 0 Å². The summed E-state index contributed by atoms with van der Waals surface area (Å²) in [7, 11) is 1.74. The molecule has 26 heavy (non-hydrogen) atoms. The summed E-state index contributed by atoms with van der Waals surface area (Å²) < 4.78 is 0. The first kappa shape index (κ1) is 21.8. The zero-order chi connectivity index (χ0) is 19.6. The van der Waals surface area contributed by atoms with E-state index in [1.807, 2.05) is 20.8 Å². The molecular weight excluding hydrogens is 326 g/mol. The number of hydrogen-bond donors (Lipinski definition) is 3. The van der Waals surface area contributed by atoms with E-state index in [-0.39, 0.29) is 5.91 Å². The Morgan fingerprint density at radius 3 is 2.50 bits per heavy atom. The molecule has 0 aliphatic carbocycles. The van der Waals surface area contributed by atoms with Crippen LogP contribution >= 0.6 is 0 Å². The van der Waals surface area contributed by atoms with E-state index in [9.17, 15) is 4.79 Å². The summed E-state index contributed by atoms with van der Waals surface area (Å²) in [6, 6.07) is 8.53. The molecule has 3 N–H and O–H groups in total. The molecule has 0 heterocycles. The number of aliphatic imine (C=N–C) groups is 1. The molecule has 1 aromatic rings. The highest BCUT2D eigenvalue weighted by atomic mass is 16.2. The van der Waals surface area contributed by atoms with Crippen LogP contribution in [0.2, 0.25) is 0 Å². The summed E-state index contributed by atoms with van der Waals surface area (Å²) in [4.78, 5) is 18.6. The fourth-order valence-electron chi connectivity index (χ4n) is 2.61. The highest BCUT2D eigenvalue weighted by molar-refractivity contribution is 5.84. The zero-order valence-electron chi connectivity index (χ0n) is 17.1. The summed E-state index contributed by atoms with van der Waals surface area (Å²) >= 11 is 0. The molecule has 0 unspecified atom stereocenters. The van der Waals surface area contributed by atoms with Gasteiger partial charge in [-0.15, -0.1) is 0 Å².